The van der Waals surface area contributed by atoms with Crippen LogP contribution in [0.2, 0.25) is 0 Å². The fourth-order valence-corrected chi connectivity index (χ4v) is 2.57. The standard InChI is InChI=1S/C16H18N4O/c17-8-12-6-7-20(11-12)16(21)14-9-18-15(19-10-14)13-4-2-1-3-5-13/h1-5,9-10,12H,6-8,11,17H2. The molecule has 0 bridgehead atoms. The van der Waals surface area contributed by atoms with Gasteiger partial charge in [-0.2, -0.15) is 0 Å². The molecule has 0 aliphatic carbocycles. The molecule has 1 aromatic carbocycles. The average Bonchev–Trinajstić information content (AvgIpc) is 3.04. The molecule has 0 saturated carbocycles. The first-order valence-corrected chi connectivity index (χ1v) is 7.14. The van der Waals surface area contributed by atoms with Crippen LogP contribution in [0.25, 0.3) is 11.4 Å². The van der Waals surface area contributed by atoms with E-state index in [0.717, 1.165) is 25.1 Å². The van der Waals surface area contributed by atoms with Crippen molar-refractivity contribution in [2.45, 2.75) is 6.42 Å². The number of hydrogen-bond acceptors (Lipinski definition) is 4. The van der Waals surface area contributed by atoms with E-state index in [4.69, 9.17) is 5.73 Å². The quantitative estimate of drug-likeness (QED) is 0.927. The fraction of sp³-hybridized carbons (Fsp3) is 0.312. The van der Waals surface area contributed by atoms with Crippen molar-refractivity contribution in [1.82, 2.24) is 14.9 Å². The molecule has 1 aromatic heterocycles. The second-order valence-electron chi connectivity index (χ2n) is 5.30. The number of carbonyl (C=O) groups is 1. The maximum Gasteiger partial charge on any atom is 0.257 e. The summed E-state index contributed by atoms with van der Waals surface area (Å²) in [6.45, 7) is 2.13. The van der Waals surface area contributed by atoms with Crippen LogP contribution in [0.4, 0.5) is 0 Å². The predicted molar refractivity (Wildman–Crippen MR) is 80.5 cm³/mol. The Labute approximate surface area is 123 Å². The summed E-state index contributed by atoms with van der Waals surface area (Å²) in [5.74, 6) is 1.04. The summed E-state index contributed by atoms with van der Waals surface area (Å²) in [5.41, 5.74) is 7.14. The molecule has 1 fully saturated rings. The second kappa shape index (κ2) is 6.01. The van der Waals surface area contributed by atoms with Crippen LogP contribution in [0.1, 0.15) is 16.8 Å². The van der Waals surface area contributed by atoms with Gasteiger partial charge in [0.25, 0.3) is 5.91 Å². The number of rotatable bonds is 3. The third-order valence-electron chi connectivity index (χ3n) is 3.84. The van der Waals surface area contributed by atoms with Crippen LogP contribution in [0.15, 0.2) is 42.7 Å². The average molecular weight is 282 g/mol. The molecule has 1 unspecified atom stereocenters. The van der Waals surface area contributed by atoms with Crippen LogP contribution in [-0.4, -0.2) is 40.4 Å². The maximum atomic E-state index is 12.4. The first-order valence-electron chi connectivity index (χ1n) is 7.14. The van der Waals surface area contributed by atoms with Crippen molar-refractivity contribution in [2.75, 3.05) is 19.6 Å². The van der Waals surface area contributed by atoms with Gasteiger partial charge in [-0.25, -0.2) is 9.97 Å². The molecule has 1 aliphatic rings. The SMILES string of the molecule is NCC1CCN(C(=O)c2cnc(-c3ccccc3)nc2)C1. The molecule has 0 spiro atoms. The zero-order valence-electron chi connectivity index (χ0n) is 11.8. The molecule has 1 amide bonds. The van der Waals surface area contributed by atoms with Gasteiger partial charge in [-0.1, -0.05) is 30.3 Å². The smallest absolute Gasteiger partial charge is 0.257 e. The third-order valence-corrected chi connectivity index (χ3v) is 3.84. The molecular weight excluding hydrogens is 264 g/mol. The van der Waals surface area contributed by atoms with Crippen molar-refractivity contribution >= 4 is 5.91 Å². The van der Waals surface area contributed by atoms with Crippen molar-refractivity contribution in [3.8, 4) is 11.4 Å². The van der Waals surface area contributed by atoms with E-state index >= 15 is 0 Å². The zero-order valence-corrected chi connectivity index (χ0v) is 11.8. The number of carbonyl (C=O) groups excluding carboxylic acids is 1. The van der Waals surface area contributed by atoms with E-state index in [1.165, 1.54) is 0 Å². The van der Waals surface area contributed by atoms with Gasteiger partial charge in [0, 0.05) is 31.0 Å². The Kier molecular flexibility index (Phi) is 3.92. The number of aromatic nitrogens is 2. The monoisotopic (exact) mass is 282 g/mol. The lowest BCUT2D eigenvalue weighted by Crippen LogP contribution is -2.30. The summed E-state index contributed by atoms with van der Waals surface area (Å²) in [4.78, 5) is 22.8. The van der Waals surface area contributed by atoms with Crippen LogP contribution in [0, 0.1) is 5.92 Å². The Hall–Kier alpha value is -2.27. The van der Waals surface area contributed by atoms with Crippen molar-refractivity contribution < 1.29 is 4.79 Å². The molecule has 5 nitrogen and oxygen atoms in total. The summed E-state index contributed by atoms with van der Waals surface area (Å²) in [5, 5.41) is 0. The lowest BCUT2D eigenvalue weighted by atomic mass is 10.1. The Morgan fingerprint density at radius 1 is 1.24 bits per heavy atom. The minimum atomic E-state index is -0.00874. The summed E-state index contributed by atoms with van der Waals surface area (Å²) >= 11 is 0. The molecule has 21 heavy (non-hydrogen) atoms. The topological polar surface area (TPSA) is 72.1 Å². The highest BCUT2D eigenvalue weighted by Crippen LogP contribution is 2.18. The van der Waals surface area contributed by atoms with Crippen molar-refractivity contribution in [1.29, 1.82) is 0 Å². The first kappa shape index (κ1) is 13.7. The molecule has 2 N–H and O–H groups in total. The number of likely N-dealkylation sites (tertiary alicyclic amines) is 1. The second-order valence-corrected chi connectivity index (χ2v) is 5.30. The minimum absolute atomic E-state index is 0.00874. The van der Waals surface area contributed by atoms with Gasteiger partial charge in [0.05, 0.1) is 5.56 Å². The van der Waals surface area contributed by atoms with E-state index < -0.39 is 0 Å². The summed E-state index contributed by atoms with van der Waals surface area (Å²) in [7, 11) is 0. The van der Waals surface area contributed by atoms with E-state index in [1.807, 2.05) is 35.2 Å². The molecule has 1 atom stereocenters. The van der Waals surface area contributed by atoms with E-state index in [9.17, 15) is 4.79 Å². The van der Waals surface area contributed by atoms with Gasteiger partial charge >= 0.3 is 0 Å². The van der Waals surface area contributed by atoms with E-state index in [0.29, 0.717) is 23.9 Å². The fourth-order valence-electron chi connectivity index (χ4n) is 2.57. The van der Waals surface area contributed by atoms with Crippen LogP contribution in [0.5, 0.6) is 0 Å². The lowest BCUT2D eigenvalue weighted by molar-refractivity contribution is 0.0787. The van der Waals surface area contributed by atoms with Gasteiger partial charge < -0.3 is 10.6 Å². The summed E-state index contributed by atoms with van der Waals surface area (Å²) < 4.78 is 0. The molecule has 1 aliphatic heterocycles. The van der Waals surface area contributed by atoms with Crippen molar-refractivity contribution in [2.24, 2.45) is 11.7 Å². The summed E-state index contributed by atoms with van der Waals surface area (Å²) in [6, 6.07) is 9.72. The van der Waals surface area contributed by atoms with Crippen molar-refractivity contribution in [3.05, 3.63) is 48.3 Å². The molecule has 5 heteroatoms. The lowest BCUT2D eigenvalue weighted by Gasteiger charge is -2.15. The highest BCUT2D eigenvalue weighted by atomic mass is 16.2. The zero-order chi connectivity index (χ0) is 14.7. The van der Waals surface area contributed by atoms with E-state index in [-0.39, 0.29) is 5.91 Å². The largest absolute Gasteiger partial charge is 0.338 e. The molecule has 0 radical (unpaired) electrons. The Bertz CT molecular complexity index is 612. The van der Waals surface area contributed by atoms with Crippen molar-refractivity contribution in [3.63, 3.8) is 0 Å². The van der Waals surface area contributed by atoms with Gasteiger partial charge in [0.1, 0.15) is 0 Å². The van der Waals surface area contributed by atoms with Gasteiger partial charge in [0.2, 0.25) is 0 Å². The number of nitrogens with zero attached hydrogens (tertiary/aromatic N) is 3. The van der Waals surface area contributed by atoms with Gasteiger partial charge in [-0.3, -0.25) is 4.79 Å². The number of nitrogens with two attached hydrogens (primary N) is 1. The van der Waals surface area contributed by atoms with Crippen LogP contribution in [-0.2, 0) is 0 Å². The van der Waals surface area contributed by atoms with Crippen LogP contribution < -0.4 is 5.73 Å². The predicted octanol–water partition coefficient (Wildman–Crippen LogP) is 1.56. The molecule has 3 rings (SSSR count). The highest BCUT2D eigenvalue weighted by molar-refractivity contribution is 5.93. The summed E-state index contributed by atoms with van der Waals surface area (Å²) in [6.07, 6.45) is 4.19. The van der Waals surface area contributed by atoms with Crippen LogP contribution >= 0.6 is 0 Å². The minimum Gasteiger partial charge on any atom is -0.338 e. The van der Waals surface area contributed by atoms with E-state index in [2.05, 4.69) is 9.97 Å². The Morgan fingerprint density at radius 2 is 1.95 bits per heavy atom. The molecule has 108 valence electrons. The molecule has 2 heterocycles. The third kappa shape index (κ3) is 2.92. The molecular formula is C16H18N4O. The first-order chi connectivity index (χ1) is 10.3. The number of benzene rings is 1. The van der Waals surface area contributed by atoms with Gasteiger partial charge in [0.15, 0.2) is 5.82 Å². The Morgan fingerprint density at radius 3 is 2.57 bits per heavy atom. The normalized spacial score (nSPS) is 18.0. The number of amides is 1. The maximum absolute atomic E-state index is 12.4. The van der Waals surface area contributed by atoms with Gasteiger partial charge in [-0.05, 0) is 18.9 Å². The Balaban J connectivity index is 1.74. The molecule has 2 aromatic rings. The number of hydrogen-bond donors (Lipinski definition) is 1. The molecule has 1 saturated heterocycles. The van der Waals surface area contributed by atoms with Crippen LogP contribution in [0.3, 0.4) is 0 Å². The highest BCUT2D eigenvalue weighted by Gasteiger charge is 2.26. The van der Waals surface area contributed by atoms with E-state index in [1.54, 1.807) is 12.4 Å². The van der Waals surface area contributed by atoms with Gasteiger partial charge in [-0.15, -0.1) is 0 Å².